The molecule has 0 spiro atoms. The summed E-state index contributed by atoms with van der Waals surface area (Å²) in [6, 6.07) is 14.3. The van der Waals surface area contributed by atoms with Crippen LogP contribution in [0.1, 0.15) is 5.56 Å². The molecule has 25 heavy (non-hydrogen) atoms. The first kappa shape index (κ1) is 17.5. The van der Waals surface area contributed by atoms with Crippen molar-refractivity contribution in [3.8, 4) is 11.3 Å². The van der Waals surface area contributed by atoms with Gasteiger partial charge in [-0.2, -0.15) is 0 Å². The number of benzene rings is 2. The highest BCUT2D eigenvalue weighted by Gasteiger charge is 2.10. The number of carbonyl (C=O) groups excluding carboxylic acids is 1. The van der Waals surface area contributed by atoms with E-state index in [2.05, 4.69) is 31.0 Å². The molecular formula is C19H16BrFN2O2. The van der Waals surface area contributed by atoms with E-state index in [-0.39, 0.29) is 18.3 Å². The number of carbonyl (C=O) groups is 1. The van der Waals surface area contributed by atoms with E-state index in [0.29, 0.717) is 12.1 Å². The number of hydrogen-bond donors (Lipinski definition) is 1. The summed E-state index contributed by atoms with van der Waals surface area (Å²) in [6.45, 7) is 0.490. The average molecular weight is 403 g/mol. The topological polar surface area (TPSA) is 51.2 Å². The molecule has 1 heterocycles. The van der Waals surface area contributed by atoms with Crippen molar-refractivity contribution in [3.05, 3.63) is 64.4 Å². The van der Waals surface area contributed by atoms with Crippen molar-refractivity contribution in [2.45, 2.75) is 6.54 Å². The quantitative estimate of drug-likeness (QED) is 0.653. The van der Waals surface area contributed by atoms with E-state index >= 15 is 0 Å². The number of aromatic nitrogens is 1. The van der Waals surface area contributed by atoms with Crippen LogP contribution in [-0.2, 0) is 16.1 Å². The first-order valence-electron chi connectivity index (χ1n) is 7.69. The molecule has 128 valence electrons. The predicted octanol–water partition coefficient (Wildman–Crippen LogP) is 4.07. The largest absolute Gasteiger partial charge is 0.468 e. The van der Waals surface area contributed by atoms with Crippen LogP contribution in [0.25, 0.3) is 22.2 Å². The van der Waals surface area contributed by atoms with E-state index in [1.165, 1.54) is 19.2 Å². The molecule has 0 unspecified atom stereocenters. The van der Waals surface area contributed by atoms with Crippen molar-refractivity contribution in [1.29, 1.82) is 0 Å². The molecule has 4 nitrogen and oxygen atoms in total. The third-order valence-corrected chi connectivity index (χ3v) is 4.34. The molecule has 0 amide bonds. The molecule has 0 radical (unpaired) electrons. The number of rotatable bonds is 5. The summed E-state index contributed by atoms with van der Waals surface area (Å²) in [5.41, 5.74) is 3.33. The van der Waals surface area contributed by atoms with Crippen LogP contribution < -0.4 is 5.32 Å². The van der Waals surface area contributed by atoms with Crippen LogP contribution in [0.15, 0.2) is 53.0 Å². The summed E-state index contributed by atoms with van der Waals surface area (Å²) in [7, 11) is 1.34. The number of fused-ring (bicyclic) bond motifs is 1. The number of esters is 1. The van der Waals surface area contributed by atoms with Gasteiger partial charge in [-0.1, -0.05) is 28.1 Å². The van der Waals surface area contributed by atoms with Crippen molar-refractivity contribution >= 4 is 32.8 Å². The average Bonchev–Trinajstić information content (AvgIpc) is 2.62. The molecule has 6 heteroatoms. The summed E-state index contributed by atoms with van der Waals surface area (Å²) in [6.07, 6.45) is 0. The Bertz CT molecular complexity index is 913. The first-order chi connectivity index (χ1) is 12.1. The third-order valence-electron chi connectivity index (χ3n) is 3.81. The van der Waals surface area contributed by atoms with Gasteiger partial charge in [0.05, 0.1) is 24.9 Å². The molecule has 1 N–H and O–H groups in total. The van der Waals surface area contributed by atoms with E-state index in [1.807, 2.05) is 30.3 Å². The Hall–Kier alpha value is -2.31. The fourth-order valence-corrected chi connectivity index (χ4v) is 2.82. The van der Waals surface area contributed by atoms with E-state index in [4.69, 9.17) is 0 Å². The lowest BCUT2D eigenvalue weighted by molar-refractivity contribution is -0.139. The molecule has 3 rings (SSSR count). The van der Waals surface area contributed by atoms with Gasteiger partial charge in [-0.3, -0.25) is 4.79 Å². The van der Waals surface area contributed by atoms with Crippen molar-refractivity contribution in [2.75, 3.05) is 13.7 Å². The molecule has 3 aromatic rings. The summed E-state index contributed by atoms with van der Waals surface area (Å²) in [5, 5.41) is 3.74. The zero-order valence-electron chi connectivity index (χ0n) is 13.6. The van der Waals surface area contributed by atoms with Crippen LogP contribution in [0.3, 0.4) is 0 Å². The van der Waals surface area contributed by atoms with Gasteiger partial charge in [-0.25, -0.2) is 9.37 Å². The number of halogens is 2. The number of nitrogens with zero attached hydrogens (tertiary/aromatic N) is 1. The number of ether oxygens (including phenoxy) is 1. The minimum atomic E-state index is -0.349. The number of methoxy groups -OCH3 is 1. The second-order valence-corrected chi connectivity index (χ2v) is 6.43. The maximum Gasteiger partial charge on any atom is 0.319 e. The maximum atomic E-state index is 13.7. The third kappa shape index (κ3) is 4.21. The van der Waals surface area contributed by atoms with Gasteiger partial charge in [0.1, 0.15) is 5.82 Å². The predicted molar refractivity (Wildman–Crippen MR) is 98.6 cm³/mol. The molecule has 0 fully saturated rings. The number of hydrogen-bond acceptors (Lipinski definition) is 4. The Morgan fingerprint density at radius 1 is 1.20 bits per heavy atom. The van der Waals surface area contributed by atoms with Crippen LogP contribution in [0.2, 0.25) is 0 Å². The lowest BCUT2D eigenvalue weighted by Crippen LogP contribution is -2.23. The van der Waals surface area contributed by atoms with Gasteiger partial charge in [0, 0.05) is 22.0 Å². The van der Waals surface area contributed by atoms with Crippen molar-refractivity contribution in [2.24, 2.45) is 0 Å². The SMILES string of the molecule is COC(=O)CNCc1cc(-c2ccc(Br)cc2)nc2ccc(F)cc12. The lowest BCUT2D eigenvalue weighted by Gasteiger charge is -2.11. The number of nitrogens with one attached hydrogen (secondary N) is 1. The van der Waals surface area contributed by atoms with Gasteiger partial charge < -0.3 is 10.1 Å². The minimum absolute atomic E-state index is 0.0866. The zero-order valence-corrected chi connectivity index (χ0v) is 15.1. The summed E-state index contributed by atoms with van der Waals surface area (Å²) >= 11 is 3.42. The number of pyridine rings is 1. The van der Waals surface area contributed by atoms with Crippen LogP contribution >= 0.6 is 15.9 Å². The summed E-state index contributed by atoms with van der Waals surface area (Å²) < 4.78 is 19.3. The lowest BCUT2D eigenvalue weighted by atomic mass is 10.0. The summed E-state index contributed by atoms with van der Waals surface area (Å²) in [5.74, 6) is -0.669. The molecule has 2 aromatic carbocycles. The first-order valence-corrected chi connectivity index (χ1v) is 8.49. The Morgan fingerprint density at radius 3 is 2.68 bits per heavy atom. The van der Waals surface area contributed by atoms with Gasteiger partial charge in [-0.15, -0.1) is 0 Å². The highest BCUT2D eigenvalue weighted by Crippen LogP contribution is 2.26. The Morgan fingerprint density at radius 2 is 1.96 bits per heavy atom. The smallest absolute Gasteiger partial charge is 0.319 e. The maximum absolute atomic E-state index is 13.7. The van der Waals surface area contributed by atoms with E-state index in [1.54, 1.807) is 6.07 Å². The molecule has 1 aromatic heterocycles. The Kier molecular flexibility index (Phi) is 5.40. The summed E-state index contributed by atoms with van der Waals surface area (Å²) in [4.78, 5) is 15.9. The van der Waals surface area contributed by atoms with E-state index in [9.17, 15) is 9.18 Å². The standard InChI is InChI=1S/C19H16BrFN2O2/c1-25-19(24)11-22-10-13-8-18(12-2-4-14(20)5-3-12)23-17-7-6-15(21)9-16(13)17/h2-9,22H,10-11H2,1H3. The highest BCUT2D eigenvalue weighted by molar-refractivity contribution is 9.10. The van der Waals surface area contributed by atoms with Crippen molar-refractivity contribution in [1.82, 2.24) is 10.3 Å². The van der Waals surface area contributed by atoms with E-state index < -0.39 is 0 Å². The molecular weight excluding hydrogens is 387 g/mol. The molecule has 0 saturated carbocycles. The highest BCUT2D eigenvalue weighted by atomic mass is 79.9. The minimum Gasteiger partial charge on any atom is -0.468 e. The van der Waals surface area contributed by atoms with Gasteiger partial charge in [0.15, 0.2) is 0 Å². The molecule has 0 aliphatic rings. The second-order valence-electron chi connectivity index (χ2n) is 5.51. The van der Waals surface area contributed by atoms with E-state index in [0.717, 1.165) is 26.7 Å². The van der Waals surface area contributed by atoms with Gasteiger partial charge in [0.25, 0.3) is 0 Å². The molecule has 0 aliphatic heterocycles. The molecule has 0 aliphatic carbocycles. The van der Waals surface area contributed by atoms with Gasteiger partial charge in [-0.05, 0) is 42.0 Å². The fourth-order valence-electron chi connectivity index (χ4n) is 2.55. The van der Waals surface area contributed by atoms with Crippen LogP contribution in [0.4, 0.5) is 4.39 Å². The Labute approximate surface area is 153 Å². The fraction of sp³-hybridized carbons (Fsp3) is 0.158. The van der Waals surface area contributed by atoms with Crippen molar-refractivity contribution in [3.63, 3.8) is 0 Å². The van der Waals surface area contributed by atoms with Crippen LogP contribution in [0.5, 0.6) is 0 Å². The normalized spacial score (nSPS) is 10.8. The molecule has 0 saturated heterocycles. The van der Waals surface area contributed by atoms with Gasteiger partial charge in [0.2, 0.25) is 0 Å². The monoisotopic (exact) mass is 402 g/mol. The van der Waals surface area contributed by atoms with Gasteiger partial charge >= 0.3 is 5.97 Å². The second kappa shape index (κ2) is 7.72. The molecule has 0 atom stereocenters. The van der Waals surface area contributed by atoms with Crippen molar-refractivity contribution < 1.29 is 13.9 Å². The molecule has 0 bridgehead atoms. The zero-order chi connectivity index (χ0) is 17.8. The van der Waals surface area contributed by atoms with Crippen LogP contribution in [-0.4, -0.2) is 24.6 Å². The Balaban J connectivity index is 2.00. The van der Waals surface area contributed by atoms with Crippen LogP contribution in [0, 0.1) is 5.82 Å².